The second-order valence-corrected chi connectivity index (χ2v) is 8.20. The van der Waals surface area contributed by atoms with Gasteiger partial charge in [-0.3, -0.25) is 4.79 Å². The highest BCUT2D eigenvalue weighted by molar-refractivity contribution is 7.21. The van der Waals surface area contributed by atoms with E-state index < -0.39 is 0 Å². The molecule has 1 aliphatic heterocycles. The average molecular weight is 410 g/mol. The molecule has 5 rings (SSSR count). The van der Waals surface area contributed by atoms with Crippen LogP contribution in [0.15, 0.2) is 42.6 Å². The van der Waals surface area contributed by atoms with E-state index in [1.807, 2.05) is 37.3 Å². The molecule has 0 aliphatic carbocycles. The summed E-state index contributed by atoms with van der Waals surface area (Å²) >= 11 is 7.46. The molecular formula is C20H16ClN5OS. The molecule has 0 fully saturated rings. The van der Waals surface area contributed by atoms with Crippen LogP contribution in [0.3, 0.4) is 0 Å². The molecule has 1 atom stereocenters. The number of hydrogen-bond donors (Lipinski definition) is 3. The molecule has 4 heterocycles. The number of anilines is 3. The smallest absolute Gasteiger partial charge is 0.263 e. The predicted molar refractivity (Wildman–Crippen MR) is 115 cm³/mol. The van der Waals surface area contributed by atoms with Gasteiger partial charge in [0.05, 0.1) is 11.2 Å². The number of benzene rings is 1. The first-order chi connectivity index (χ1) is 13.6. The molecule has 6 nitrogen and oxygen atoms in total. The van der Waals surface area contributed by atoms with Crippen molar-refractivity contribution in [3.8, 4) is 0 Å². The van der Waals surface area contributed by atoms with Crippen molar-refractivity contribution in [3.63, 3.8) is 0 Å². The van der Waals surface area contributed by atoms with Crippen LogP contribution >= 0.6 is 22.9 Å². The van der Waals surface area contributed by atoms with Gasteiger partial charge in [0, 0.05) is 39.9 Å². The van der Waals surface area contributed by atoms with Crippen LogP contribution in [0.2, 0.25) is 5.15 Å². The van der Waals surface area contributed by atoms with Crippen LogP contribution in [-0.2, 0) is 0 Å². The molecule has 0 saturated heterocycles. The van der Waals surface area contributed by atoms with Gasteiger partial charge >= 0.3 is 0 Å². The Labute approximate surface area is 169 Å². The van der Waals surface area contributed by atoms with Crippen LogP contribution < -0.4 is 16.0 Å². The summed E-state index contributed by atoms with van der Waals surface area (Å²) in [6.45, 7) is 2.68. The van der Waals surface area contributed by atoms with E-state index in [2.05, 4.69) is 20.9 Å². The number of rotatable bonds is 2. The summed E-state index contributed by atoms with van der Waals surface area (Å²) in [5, 5.41) is 12.2. The van der Waals surface area contributed by atoms with Crippen molar-refractivity contribution in [1.82, 2.24) is 15.3 Å². The highest BCUT2D eigenvalue weighted by Gasteiger charge is 2.24. The molecule has 0 saturated carbocycles. The van der Waals surface area contributed by atoms with Gasteiger partial charge in [-0.05, 0) is 43.3 Å². The van der Waals surface area contributed by atoms with E-state index in [1.54, 1.807) is 12.3 Å². The minimum absolute atomic E-state index is 0.0253. The predicted octanol–water partition coefficient (Wildman–Crippen LogP) is 4.79. The van der Waals surface area contributed by atoms with Gasteiger partial charge in [-0.15, -0.1) is 11.3 Å². The Morgan fingerprint density at radius 1 is 1.25 bits per heavy atom. The lowest BCUT2D eigenvalue weighted by molar-refractivity contribution is 0.0949. The Bertz CT molecular complexity index is 1240. The maximum atomic E-state index is 12.5. The number of thiophene rings is 1. The monoisotopic (exact) mass is 409 g/mol. The summed E-state index contributed by atoms with van der Waals surface area (Å²) in [6.07, 6.45) is 1.65. The zero-order valence-corrected chi connectivity index (χ0v) is 16.5. The maximum absolute atomic E-state index is 12.5. The number of halogens is 1. The van der Waals surface area contributed by atoms with Gasteiger partial charge in [0.1, 0.15) is 15.8 Å². The number of carbonyl (C=O) groups excluding carboxylic acids is 1. The van der Waals surface area contributed by atoms with Crippen LogP contribution in [0.4, 0.5) is 17.2 Å². The van der Waals surface area contributed by atoms with E-state index in [9.17, 15) is 4.79 Å². The first kappa shape index (κ1) is 17.2. The number of nitrogens with one attached hydrogen (secondary N) is 3. The van der Waals surface area contributed by atoms with E-state index in [0.717, 1.165) is 43.1 Å². The number of carbonyl (C=O) groups is 1. The molecule has 0 radical (unpaired) electrons. The quantitative estimate of drug-likeness (QED) is 0.415. The van der Waals surface area contributed by atoms with Gasteiger partial charge in [0.2, 0.25) is 0 Å². The largest absolute Gasteiger partial charge is 0.381 e. The Kier molecular flexibility index (Phi) is 4.07. The molecule has 0 spiro atoms. The van der Waals surface area contributed by atoms with Crippen molar-refractivity contribution in [2.24, 2.45) is 0 Å². The molecule has 8 heteroatoms. The van der Waals surface area contributed by atoms with Crippen LogP contribution in [0, 0.1) is 0 Å². The van der Waals surface area contributed by atoms with Crippen molar-refractivity contribution in [2.75, 3.05) is 17.2 Å². The topological polar surface area (TPSA) is 78.9 Å². The lowest BCUT2D eigenvalue weighted by Crippen LogP contribution is -2.34. The first-order valence-corrected chi connectivity index (χ1v) is 10.1. The number of nitrogens with zero attached hydrogens (tertiary/aromatic N) is 2. The zero-order chi connectivity index (χ0) is 19.3. The van der Waals surface area contributed by atoms with E-state index in [0.29, 0.717) is 11.7 Å². The molecule has 1 aliphatic rings. The van der Waals surface area contributed by atoms with E-state index in [1.165, 1.54) is 11.3 Å². The van der Waals surface area contributed by atoms with Crippen molar-refractivity contribution in [3.05, 3.63) is 52.6 Å². The van der Waals surface area contributed by atoms with Gasteiger partial charge in [-0.25, -0.2) is 9.97 Å². The normalized spacial score (nSPS) is 16.4. The lowest BCUT2D eigenvalue weighted by Gasteiger charge is -2.10. The van der Waals surface area contributed by atoms with Crippen LogP contribution in [0.1, 0.15) is 16.6 Å². The summed E-state index contributed by atoms with van der Waals surface area (Å²) in [4.78, 5) is 22.0. The molecule has 0 bridgehead atoms. The maximum Gasteiger partial charge on any atom is 0.263 e. The molecule has 3 N–H and O–H groups in total. The number of fused-ring (bicyclic) bond motifs is 5. The van der Waals surface area contributed by atoms with Crippen molar-refractivity contribution in [1.29, 1.82) is 0 Å². The third-order valence-electron chi connectivity index (χ3n) is 4.69. The third-order valence-corrected chi connectivity index (χ3v) is 6.05. The summed E-state index contributed by atoms with van der Waals surface area (Å²) in [5.74, 6) is 0.692. The summed E-state index contributed by atoms with van der Waals surface area (Å²) in [6, 6.07) is 11.6. The second kappa shape index (κ2) is 6.61. The number of aromatic nitrogens is 2. The van der Waals surface area contributed by atoms with Crippen molar-refractivity contribution in [2.45, 2.75) is 13.0 Å². The van der Waals surface area contributed by atoms with E-state index in [4.69, 9.17) is 16.6 Å². The molecule has 1 aromatic carbocycles. The molecule has 0 unspecified atom stereocenters. The molecule has 1 amide bonds. The molecule has 3 aromatic heterocycles. The molecule has 28 heavy (non-hydrogen) atoms. The zero-order valence-electron chi connectivity index (χ0n) is 14.9. The minimum atomic E-state index is -0.0253. The van der Waals surface area contributed by atoms with Crippen LogP contribution in [0.25, 0.3) is 21.0 Å². The fraction of sp³-hybridized carbons (Fsp3) is 0.150. The van der Waals surface area contributed by atoms with Gasteiger partial charge in [-0.2, -0.15) is 0 Å². The molecule has 140 valence electrons. The standard InChI is InChI=1S/C20H16ClN5OS/c1-10-9-23-18-17-12-2-5-16(25-11-6-7-22-15(21)8-11)26-13(12)3-4-14(17)28-19(18)20(27)24-10/h2-8,10,23H,9H2,1H3,(H,24,27)(H,22,25,26)/t10-/m1/s1. The molecule has 4 aromatic rings. The Balaban J connectivity index is 1.62. The SMILES string of the molecule is C[C@@H]1CNc2c(sc3ccc4nc(Nc5ccnc(Cl)c5)ccc4c23)C(=O)N1. The van der Waals surface area contributed by atoms with Gasteiger partial charge < -0.3 is 16.0 Å². The number of pyridine rings is 2. The van der Waals surface area contributed by atoms with Crippen LogP contribution in [0.5, 0.6) is 0 Å². The molecular weight excluding hydrogens is 394 g/mol. The van der Waals surface area contributed by atoms with Gasteiger partial charge in [0.15, 0.2) is 0 Å². The second-order valence-electron chi connectivity index (χ2n) is 6.76. The fourth-order valence-electron chi connectivity index (χ4n) is 3.42. The van der Waals surface area contributed by atoms with Crippen molar-refractivity contribution < 1.29 is 4.79 Å². The Hall–Kier alpha value is -2.90. The third kappa shape index (κ3) is 2.93. The highest BCUT2D eigenvalue weighted by Crippen LogP contribution is 2.41. The highest BCUT2D eigenvalue weighted by atomic mass is 35.5. The summed E-state index contributed by atoms with van der Waals surface area (Å²) in [7, 11) is 0. The minimum Gasteiger partial charge on any atom is -0.381 e. The fourth-order valence-corrected chi connectivity index (χ4v) is 4.70. The first-order valence-electron chi connectivity index (χ1n) is 8.88. The van der Waals surface area contributed by atoms with E-state index >= 15 is 0 Å². The lowest BCUT2D eigenvalue weighted by atomic mass is 10.1. The van der Waals surface area contributed by atoms with Crippen molar-refractivity contribution >= 4 is 67.0 Å². The van der Waals surface area contributed by atoms with Crippen LogP contribution in [-0.4, -0.2) is 28.5 Å². The Morgan fingerprint density at radius 2 is 2.14 bits per heavy atom. The number of hydrogen-bond acceptors (Lipinski definition) is 6. The van der Waals surface area contributed by atoms with Gasteiger partial charge in [-0.1, -0.05) is 11.6 Å². The summed E-state index contributed by atoms with van der Waals surface area (Å²) in [5.41, 5.74) is 2.58. The van der Waals surface area contributed by atoms with Gasteiger partial charge in [0.25, 0.3) is 5.91 Å². The Morgan fingerprint density at radius 3 is 3.00 bits per heavy atom. The summed E-state index contributed by atoms with van der Waals surface area (Å²) < 4.78 is 1.07. The average Bonchev–Trinajstić information content (AvgIpc) is 2.99. The number of amides is 1. The van der Waals surface area contributed by atoms with E-state index in [-0.39, 0.29) is 11.9 Å².